The van der Waals surface area contributed by atoms with E-state index in [9.17, 15) is 4.79 Å². The molecule has 0 unspecified atom stereocenters. The van der Waals surface area contributed by atoms with E-state index in [1.807, 2.05) is 24.3 Å². The molecule has 0 spiro atoms. The Hall–Kier alpha value is -2.15. The van der Waals surface area contributed by atoms with E-state index in [0.29, 0.717) is 13.0 Å². The number of hydrogen-bond donors (Lipinski definition) is 3. The number of benzene rings is 1. The number of nitrogens with zero attached hydrogens (tertiary/aromatic N) is 1. The van der Waals surface area contributed by atoms with E-state index in [4.69, 9.17) is 15.6 Å². The molecule has 0 fully saturated rings. The van der Waals surface area contributed by atoms with Crippen molar-refractivity contribution in [2.24, 2.45) is 10.8 Å². The van der Waals surface area contributed by atoms with Crippen molar-refractivity contribution in [3.8, 4) is 5.75 Å². The highest BCUT2D eigenvalue weighted by Gasteiger charge is 1.97. The van der Waals surface area contributed by atoms with Crippen LogP contribution in [0.3, 0.4) is 0 Å². The number of ether oxygens (including phenoxy) is 1. The summed E-state index contributed by atoms with van der Waals surface area (Å²) in [4.78, 5) is 10.3. The molecule has 0 aliphatic rings. The van der Waals surface area contributed by atoms with Gasteiger partial charge >= 0.3 is 5.97 Å². The van der Waals surface area contributed by atoms with Gasteiger partial charge in [-0.3, -0.25) is 10.2 Å². The number of unbranched alkanes of at least 4 members (excludes halogenated alkanes) is 2. The van der Waals surface area contributed by atoms with Crippen LogP contribution < -0.4 is 15.9 Å². The van der Waals surface area contributed by atoms with Crippen molar-refractivity contribution in [2.75, 3.05) is 6.61 Å². The van der Waals surface area contributed by atoms with Gasteiger partial charge in [0.15, 0.2) is 5.11 Å². The fourth-order valence-corrected chi connectivity index (χ4v) is 1.62. The standard InChI is InChI=1S/C14H19N3O3S/c15-14(21)17-16-10-11-5-7-12(8-6-11)20-9-3-1-2-4-13(18)19/h5-8,10H,1-4,9H2,(H,18,19)(H3,15,17,21)/b16-10+. The minimum Gasteiger partial charge on any atom is -0.494 e. The molecule has 6 nitrogen and oxygen atoms in total. The first kappa shape index (κ1) is 16.9. The Morgan fingerprint density at radius 2 is 2.05 bits per heavy atom. The summed E-state index contributed by atoms with van der Waals surface area (Å²) in [7, 11) is 0. The van der Waals surface area contributed by atoms with Crippen LogP contribution in [0.25, 0.3) is 0 Å². The monoisotopic (exact) mass is 309 g/mol. The first-order valence-electron chi connectivity index (χ1n) is 6.61. The molecule has 0 bridgehead atoms. The molecule has 1 aromatic rings. The van der Waals surface area contributed by atoms with Crippen LogP contribution in [0.2, 0.25) is 0 Å². The number of carboxylic acids is 1. The Kier molecular flexibility index (Phi) is 7.81. The van der Waals surface area contributed by atoms with Crippen LogP contribution in [0.4, 0.5) is 0 Å². The van der Waals surface area contributed by atoms with Crippen molar-refractivity contribution in [2.45, 2.75) is 25.7 Å². The van der Waals surface area contributed by atoms with Crippen LogP contribution in [0, 0.1) is 0 Å². The second-order valence-corrected chi connectivity index (χ2v) is 4.80. The zero-order chi connectivity index (χ0) is 15.5. The molecule has 1 aromatic carbocycles. The lowest BCUT2D eigenvalue weighted by Crippen LogP contribution is -2.23. The maximum absolute atomic E-state index is 10.3. The molecule has 0 saturated carbocycles. The highest BCUT2D eigenvalue weighted by Crippen LogP contribution is 2.12. The number of nitrogens with one attached hydrogen (secondary N) is 1. The van der Waals surface area contributed by atoms with Gasteiger partial charge in [-0.25, -0.2) is 0 Å². The molecule has 0 aliphatic heterocycles. The zero-order valence-corrected chi connectivity index (χ0v) is 12.4. The maximum Gasteiger partial charge on any atom is 0.303 e. The van der Waals surface area contributed by atoms with Crippen LogP contribution in [0.15, 0.2) is 29.4 Å². The number of thiocarbonyl (C=S) groups is 1. The smallest absolute Gasteiger partial charge is 0.303 e. The lowest BCUT2D eigenvalue weighted by atomic mass is 10.2. The van der Waals surface area contributed by atoms with E-state index in [2.05, 4.69) is 22.7 Å². The van der Waals surface area contributed by atoms with Crippen molar-refractivity contribution < 1.29 is 14.6 Å². The van der Waals surface area contributed by atoms with Gasteiger partial charge in [0.05, 0.1) is 12.8 Å². The third kappa shape index (κ3) is 8.59. The first-order chi connectivity index (χ1) is 10.1. The third-order valence-electron chi connectivity index (χ3n) is 2.57. The SMILES string of the molecule is NC(=S)N/N=C/c1ccc(OCCCCCC(=O)O)cc1. The first-order valence-corrected chi connectivity index (χ1v) is 7.02. The van der Waals surface area contributed by atoms with Gasteiger partial charge in [-0.1, -0.05) is 0 Å². The Morgan fingerprint density at radius 1 is 1.33 bits per heavy atom. The largest absolute Gasteiger partial charge is 0.494 e. The summed E-state index contributed by atoms with van der Waals surface area (Å²) in [6.45, 7) is 0.579. The minimum absolute atomic E-state index is 0.120. The minimum atomic E-state index is -0.752. The molecule has 4 N–H and O–H groups in total. The molecular formula is C14H19N3O3S. The van der Waals surface area contributed by atoms with E-state index >= 15 is 0 Å². The molecule has 7 heteroatoms. The van der Waals surface area contributed by atoms with E-state index in [1.165, 1.54) is 0 Å². The maximum atomic E-state index is 10.3. The van der Waals surface area contributed by atoms with Gasteiger partial charge in [0, 0.05) is 6.42 Å². The fourth-order valence-electron chi connectivity index (χ4n) is 1.57. The van der Waals surface area contributed by atoms with Crippen LogP contribution in [0.1, 0.15) is 31.2 Å². The Morgan fingerprint density at radius 3 is 2.67 bits per heavy atom. The van der Waals surface area contributed by atoms with Gasteiger partial charge in [-0.15, -0.1) is 0 Å². The topological polar surface area (TPSA) is 96.9 Å². The summed E-state index contributed by atoms with van der Waals surface area (Å²) in [5.41, 5.74) is 8.61. The average Bonchev–Trinajstić information content (AvgIpc) is 2.43. The van der Waals surface area contributed by atoms with Crippen molar-refractivity contribution >= 4 is 29.5 Å². The Labute approximate surface area is 129 Å². The van der Waals surface area contributed by atoms with Crippen molar-refractivity contribution in [1.82, 2.24) is 5.43 Å². The lowest BCUT2D eigenvalue weighted by molar-refractivity contribution is -0.137. The molecule has 0 radical (unpaired) electrons. The van der Waals surface area contributed by atoms with Crippen molar-refractivity contribution in [3.05, 3.63) is 29.8 Å². The quantitative estimate of drug-likeness (QED) is 0.279. The third-order valence-corrected chi connectivity index (χ3v) is 2.66. The number of hydrogen-bond acceptors (Lipinski definition) is 4. The predicted molar refractivity (Wildman–Crippen MR) is 85.6 cm³/mol. The van der Waals surface area contributed by atoms with Crippen LogP contribution >= 0.6 is 12.2 Å². The molecule has 21 heavy (non-hydrogen) atoms. The second kappa shape index (κ2) is 9.71. The second-order valence-electron chi connectivity index (χ2n) is 4.36. The van der Waals surface area contributed by atoms with Crippen molar-refractivity contribution in [1.29, 1.82) is 0 Å². The summed E-state index contributed by atoms with van der Waals surface area (Å²) in [6, 6.07) is 7.42. The van der Waals surface area contributed by atoms with Gasteiger partial charge < -0.3 is 15.6 Å². The summed E-state index contributed by atoms with van der Waals surface area (Å²) in [6.07, 6.45) is 4.20. The Balaban J connectivity index is 2.23. The van der Waals surface area contributed by atoms with Crippen LogP contribution in [-0.2, 0) is 4.79 Å². The summed E-state index contributed by atoms with van der Waals surface area (Å²) in [5.74, 6) is 0.0192. The number of hydrazone groups is 1. The summed E-state index contributed by atoms with van der Waals surface area (Å²) < 4.78 is 5.56. The average molecular weight is 309 g/mol. The molecule has 0 heterocycles. The van der Waals surface area contributed by atoms with Crippen LogP contribution in [0.5, 0.6) is 5.75 Å². The van der Waals surface area contributed by atoms with Gasteiger partial charge in [0.1, 0.15) is 5.75 Å². The number of rotatable bonds is 9. The summed E-state index contributed by atoms with van der Waals surface area (Å²) >= 11 is 4.62. The molecule has 0 amide bonds. The molecule has 0 aliphatic carbocycles. The van der Waals surface area contributed by atoms with Crippen molar-refractivity contribution in [3.63, 3.8) is 0 Å². The van der Waals surface area contributed by atoms with E-state index < -0.39 is 5.97 Å². The van der Waals surface area contributed by atoms with Gasteiger partial charge in [0.2, 0.25) is 0 Å². The van der Waals surface area contributed by atoms with E-state index in [0.717, 1.165) is 24.2 Å². The van der Waals surface area contributed by atoms with Gasteiger partial charge in [0.25, 0.3) is 0 Å². The zero-order valence-electron chi connectivity index (χ0n) is 11.6. The van der Waals surface area contributed by atoms with Gasteiger partial charge in [-0.05, 0) is 61.3 Å². The molecule has 0 atom stereocenters. The summed E-state index contributed by atoms with van der Waals surface area (Å²) in [5, 5.41) is 12.5. The molecular weight excluding hydrogens is 290 g/mol. The molecule has 0 aromatic heterocycles. The number of carbonyl (C=O) groups is 1. The molecule has 114 valence electrons. The lowest BCUT2D eigenvalue weighted by Gasteiger charge is -2.06. The number of nitrogens with two attached hydrogens (primary N) is 1. The predicted octanol–water partition coefficient (Wildman–Crippen LogP) is 1.88. The van der Waals surface area contributed by atoms with E-state index in [1.54, 1.807) is 6.21 Å². The highest BCUT2D eigenvalue weighted by molar-refractivity contribution is 7.80. The van der Waals surface area contributed by atoms with Gasteiger partial charge in [-0.2, -0.15) is 5.10 Å². The number of aliphatic carboxylic acids is 1. The van der Waals surface area contributed by atoms with E-state index in [-0.39, 0.29) is 11.5 Å². The van der Waals surface area contributed by atoms with Crippen LogP contribution in [-0.4, -0.2) is 29.0 Å². The number of carboxylic acid groups (broad SMARTS) is 1. The molecule has 1 rings (SSSR count). The molecule has 0 saturated heterocycles. The Bertz CT molecular complexity index is 489. The highest BCUT2D eigenvalue weighted by atomic mass is 32.1. The normalized spacial score (nSPS) is 10.5. The fraction of sp³-hybridized carbons (Fsp3) is 0.357.